The molecular weight excluding hydrogens is 644 g/mol. The number of benzene rings is 1. The first-order valence-corrected chi connectivity index (χ1v) is 16.2. The minimum atomic E-state index is -0.481. The quantitative estimate of drug-likeness (QED) is 0.143. The number of nitrogens with zero attached hydrogens (tertiary/aromatic N) is 4. The Morgan fingerprint density at radius 1 is 1.04 bits per heavy atom. The molecule has 1 aromatic carbocycles. The molecule has 5 rings (SSSR count). The zero-order valence-corrected chi connectivity index (χ0v) is 28.0. The molecule has 0 spiro atoms. The number of piperidine rings is 1. The first-order chi connectivity index (χ1) is 22.7. The van der Waals surface area contributed by atoms with Gasteiger partial charge in [-0.2, -0.15) is 0 Å². The van der Waals surface area contributed by atoms with Crippen LogP contribution in [0.15, 0.2) is 54.9 Å². The highest BCUT2D eigenvalue weighted by molar-refractivity contribution is 6.39. The highest BCUT2D eigenvalue weighted by atomic mass is 35.5. The molecule has 13 heteroatoms. The number of nitrogens with one attached hydrogen (secondary N) is 3. The van der Waals surface area contributed by atoms with Crippen molar-refractivity contribution in [3.8, 4) is 28.4 Å². The Balaban J connectivity index is 1.34. The number of anilines is 2. The summed E-state index contributed by atoms with van der Waals surface area (Å²) in [6.07, 6.45) is 4.33. The van der Waals surface area contributed by atoms with Crippen LogP contribution in [0.5, 0.6) is 5.88 Å². The van der Waals surface area contributed by atoms with Crippen LogP contribution in [0.3, 0.4) is 0 Å². The first-order valence-electron chi connectivity index (χ1n) is 15.4. The number of hydrogen-bond acceptors (Lipinski definition) is 9. The molecule has 0 saturated carbocycles. The van der Waals surface area contributed by atoms with Gasteiger partial charge in [-0.3, -0.25) is 9.78 Å². The summed E-state index contributed by atoms with van der Waals surface area (Å²) < 4.78 is 21.1. The van der Waals surface area contributed by atoms with E-state index < -0.39 is 11.9 Å². The fourth-order valence-corrected chi connectivity index (χ4v) is 6.05. The van der Waals surface area contributed by atoms with Crippen LogP contribution < -0.4 is 20.7 Å². The van der Waals surface area contributed by atoms with Crippen LogP contribution in [-0.4, -0.2) is 69.8 Å². The molecular formula is C34H38Cl2FN7O3. The number of aliphatic hydroxyl groups is 1. The number of ether oxygens (including phenoxy) is 1. The number of likely N-dealkylation sites (tertiary alicyclic amines) is 1. The molecule has 3 aromatic heterocycles. The zero-order chi connectivity index (χ0) is 33.5. The molecule has 248 valence electrons. The fourth-order valence-electron chi connectivity index (χ4n) is 5.47. The first kappa shape index (κ1) is 34.5. The number of aromatic nitrogens is 3. The normalized spacial score (nSPS) is 14.2. The molecule has 4 N–H and O–H groups in total. The topological polar surface area (TPSA) is 125 Å². The van der Waals surface area contributed by atoms with Crippen molar-refractivity contribution in [3.05, 3.63) is 81.8 Å². The summed E-state index contributed by atoms with van der Waals surface area (Å²) in [6, 6.07) is 12.6. The van der Waals surface area contributed by atoms with Crippen LogP contribution in [-0.2, 0) is 17.9 Å². The number of aliphatic hydroxyl groups excluding tert-OH is 1. The third-order valence-corrected chi connectivity index (χ3v) is 8.84. The minimum absolute atomic E-state index is 0.0434. The van der Waals surface area contributed by atoms with Gasteiger partial charge in [0.1, 0.15) is 0 Å². The van der Waals surface area contributed by atoms with Crippen molar-refractivity contribution < 1.29 is 19.0 Å². The molecule has 1 fully saturated rings. The summed E-state index contributed by atoms with van der Waals surface area (Å²) in [6.45, 7) is 5.91. The van der Waals surface area contributed by atoms with Gasteiger partial charge in [0.15, 0.2) is 11.6 Å². The molecule has 0 unspecified atom stereocenters. The van der Waals surface area contributed by atoms with Crippen LogP contribution >= 0.6 is 23.2 Å². The van der Waals surface area contributed by atoms with E-state index in [1.807, 2.05) is 17.0 Å². The van der Waals surface area contributed by atoms with E-state index in [9.17, 15) is 9.90 Å². The number of carbonyl (C=O) groups excluding carboxylic acids is 1. The van der Waals surface area contributed by atoms with E-state index in [1.54, 1.807) is 63.7 Å². The van der Waals surface area contributed by atoms with Crippen molar-refractivity contribution in [2.45, 2.75) is 51.9 Å². The summed E-state index contributed by atoms with van der Waals surface area (Å²) in [5.74, 6) is 0.0754. The van der Waals surface area contributed by atoms with E-state index in [1.165, 1.54) is 0 Å². The Labute approximate surface area is 283 Å². The molecule has 47 heavy (non-hydrogen) atoms. The summed E-state index contributed by atoms with van der Waals surface area (Å²) in [7, 11) is 1.55. The maximum absolute atomic E-state index is 15.6. The number of pyridine rings is 3. The number of methoxy groups -OCH3 is 1. The van der Waals surface area contributed by atoms with Crippen LogP contribution in [0.25, 0.3) is 22.5 Å². The van der Waals surface area contributed by atoms with Gasteiger partial charge in [-0.05, 0) is 44.0 Å². The lowest BCUT2D eigenvalue weighted by molar-refractivity contribution is -0.129. The molecule has 0 bridgehead atoms. The average Bonchev–Trinajstić information content (AvgIpc) is 3.06. The summed E-state index contributed by atoms with van der Waals surface area (Å²) in [5.41, 5.74) is 3.94. The summed E-state index contributed by atoms with van der Waals surface area (Å²) in [5, 5.41) is 19.8. The van der Waals surface area contributed by atoms with Gasteiger partial charge in [0.05, 0.1) is 40.3 Å². The van der Waals surface area contributed by atoms with Gasteiger partial charge in [-0.15, -0.1) is 0 Å². The van der Waals surface area contributed by atoms with Gasteiger partial charge in [-0.1, -0.05) is 41.4 Å². The minimum Gasteiger partial charge on any atom is -0.481 e. The summed E-state index contributed by atoms with van der Waals surface area (Å²) >= 11 is 13.8. The van der Waals surface area contributed by atoms with Crippen molar-refractivity contribution in [2.75, 3.05) is 32.1 Å². The second kappa shape index (κ2) is 15.8. The number of rotatable bonds is 12. The molecule has 1 aliphatic heterocycles. The fraction of sp³-hybridized carbons (Fsp3) is 0.353. The van der Waals surface area contributed by atoms with E-state index in [-0.39, 0.29) is 17.8 Å². The Morgan fingerprint density at radius 3 is 2.53 bits per heavy atom. The van der Waals surface area contributed by atoms with Crippen molar-refractivity contribution in [3.63, 3.8) is 0 Å². The second-order valence-electron chi connectivity index (χ2n) is 11.5. The maximum atomic E-state index is 15.6. The van der Waals surface area contributed by atoms with Gasteiger partial charge < -0.3 is 30.7 Å². The standard InChI is InChI=1S/C34H38Cl2FN7O3/c1-20(45)17-38-18-23-7-8-27(43-34(23)47-3)25-10-14-39-32(30(25)36)26-5-4-6-28(29(26)35)42-33-31(37)22(9-13-40-33)19-41-24-11-15-44(16-12-24)21(2)46/h4-10,13-14,20,24,38,41,45H,11-12,15-19H2,1-3H3,(H,40,42)/t20-/m1/s1. The molecule has 0 aliphatic carbocycles. The molecule has 1 aliphatic rings. The smallest absolute Gasteiger partial charge is 0.219 e. The molecule has 1 atom stereocenters. The lowest BCUT2D eigenvalue weighted by Gasteiger charge is -2.31. The third-order valence-electron chi connectivity index (χ3n) is 8.05. The van der Waals surface area contributed by atoms with Gasteiger partial charge in [0.2, 0.25) is 11.8 Å². The number of amides is 1. The maximum Gasteiger partial charge on any atom is 0.219 e. The van der Waals surface area contributed by atoms with E-state index in [0.717, 1.165) is 18.4 Å². The van der Waals surface area contributed by atoms with Gasteiger partial charge >= 0.3 is 0 Å². The Bertz CT molecular complexity index is 1720. The highest BCUT2D eigenvalue weighted by Gasteiger charge is 2.22. The largest absolute Gasteiger partial charge is 0.481 e. The highest BCUT2D eigenvalue weighted by Crippen LogP contribution is 2.41. The zero-order valence-electron chi connectivity index (χ0n) is 26.5. The Kier molecular flexibility index (Phi) is 11.6. The van der Waals surface area contributed by atoms with E-state index in [2.05, 4.69) is 30.9 Å². The van der Waals surface area contributed by atoms with E-state index >= 15 is 4.39 Å². The number of halogens is 3. The van der Waals surface area contributed by atoms with E-state index in [0.29, 0.717) is 82.4 Å². The SMILES string of the molecule is COc1nc(-c2ccnc(-c3cccc(Nc4nccc(CNC5CCN(C(C)=O)CC5)c4F)c3Cl)c2Cl)ccc1CNC[C@@H](C)O. The lowest BCUT2D eigenvalue weighted by Crippen LogP contribution is -2.44. The molecule has 4 aromatic rings. The van der Waals surface area contributed by atoms with Crippen LogP contribution in [0.4, 0.5) is 15.9 Å². The number of hydrogen-bond donors (Lipinski definition) is 4. The van der Waals surface area contributed by atoms with E-state index in [4.69, 9.17) is 27.9 Å². The molecule has 1 saturated heterocycles. The van der Waals surface area contributed by atoms with Crippen LogP contribution in [0.1, 0.15) is 37.8 Å². The van der Waals surface area contributed by atoms with Gasteiger partial charge in [-0.25, -0.2) is 14.4 Å². The molecule has 0 radical (unpaired) electrons. The summed E-state index contributed by atoms with van der Waals surface area (Å²) in [4.78, 5) is 26.9. The number of carbonyl (C=O) groups is 1. The molecule has 1 amide bonds. The van der Waals surface area contributed by atoms with Crippen LogP contribution in [0, 0.1) is 5.82 Å². The monoisotopic (exact) mass is 681 g/mol. The third kappa shape index (κ3) is 8.35. The van der Waals surface area contributed by atoms with Crippen molar-refractivity contribution in [1.29, 1.82) is 0 Å². The Morgan fingerprint density at radius 2 is 1.81 bits per heavy atom. The van der Waals surface area contributed by atoms with Gasteiger partial charge in [0, 0.05) is 80.3 Å². The van der Waals surface area contributed by atoms with Crippen LogP contribution in [0.2, 0.25) is 10.0 Å². The predicted octanol–water partition coefficient (Wildman–Crippen LogP) is 5.97. The Hall–Kier alpha value is -3.87. The van der Waals surface area contributed by atoms with Crippen molar-refractivity contribution >= 4 is 40.6 Å². The van der Waals surface area contributed by atoms with Crippen molar-refractivity contribution in [1.82, 2.24) is 30.5 Å². The molecule has 4 heterocycles. The predicted molar refractivity (Wildman–Crippen MR) is 182 cm³/mol. The second-order valence-corrected chi connectivity index (χ2v) is 12.2. The average molecular weight is 683 g/mol. The van der Waals surface area contributed by atoms with Gasteiger partial charge in [0.25, 0.3) is 0 Å². The van der Waals surface area contributed by atoms with Crippen molar-refractivity contribution in [2.24, 2.45) is 0 Å². The lowest BCUT2D eigenvalue weighted by atomic mass is 10.0. The molecule has 10 nitrogen and oxygen atoms in total.